The maximum atomic E-state index is 13.7. The van der Waals surface area contributed by atoms with E-state index in [2.05, 4.69) is 25.6 Å². The van der Waals surface area contributed by atoms with Crippen molar-refractivity contribution in [2.45, 2.75) is 26.2 Å². The molecule has 2 aromatic carbocycles. The molecule has 2 heterocycles. The number of hydrogen-bond acceptors (Lipinski definition) is 6. The van der Waals surface area contributed by atoms with Crippen LogP contribution in [-0.2, 0) is 16.9 Å². The van der Waals surface area contributed by atoms with Gasteiger partial charge in [0.15, 0.2) is 5.43 Å². The molecule has 0 aliphatic rings. The van der Waals surface area contributed by atoms with E-state index < -0.39 is 17.6 Å². The summed E-state index contributed by atoms with van der Waals surface area (Å²) in [7, 11) is 0.364. The van der Waals surface area contributed by atoms with Gasteiger partial charge in [0.25, 0.3) is 0 Å². The van der Waals surface area contributed by atoms with E-state index >= 15 is 0 Å². The van der Waals surface area contributed by atoms with E-state index in [1.807, 2.05) is 19.1 Å². The summed E-state index contributed by atoms with van der Waals surface area (Å²) in [5.74, 6) is -0.479. The number of aryl methyl sites for hydroxylation is 1. The first-order valence-corrected chi connectivity index (χ1v) is 11.9. The van der Waals surface area contributed by atoms with E-state index in [1.165, 1.54) is 6.07 Å². The third-order valence-corrected chi connectivity index (χ3v) is 6.22. The molecule has 4 rings (SSSR count). The highest BCUT2D eigenvalue weighted by Gasteiger charge is 2.35. The number of anilines is 4. The van der Waals surface area contributed by atoms with Gasteiger partial charge in [-0.05, 0) is 43.7 Å². The average molecular weight is 501 g/mol. The summed E-state index contributed by atoms with van der Waals surface area (Å²) in [5.41, 5.74) is 1.52. The van der Waals surface area contributed by atoms with Crippen LogP contribution in [0.1, 0.15) is 23.6 Å². The number of H-pyrrole nitrogens is 1. The van der Waals surface area contributed by atoms with Crippen LogP contribution in [0.25, 0.3) is 10.9 Å². The molecule has 0 bridgehead atoms. The van der Waals surface area contributed by atoms with Gasteiger partial charge in [-0.2, -0.15) is 18.2 Å². The first kappa shape index (κ1) is 24.6. The number of pyridine rings is 1. The van der Waals surface area contributed by atoms with E-state index in [4.69, 9.17) is 4.52 Å². The minimum absolute atomic E-state index is 0.0187. The van der Waals surface area contributed by atoms with E-state index in [1.54, 1.807) is 37.4 Å². The molecule has 11 heteroatoms. The number of nitrogens with zero attached hydrogens (tertiary/aromatic N) is 2. The number of fused-ring (bicyclic) bond motifs is 1. The summed E-state index contributed by atoms with van der Waals surface area (Å²) in [5, 5.41) is 5.89. The Balaban J connectivity index is 1.66. The van der Waals surface area contributed by atoms with E-state index in [0.29, 0.717) is 32.2 Å². The van der Waals surface area contributed by atoms with Crippen molar-refractivity contribution in [3.05, 3.63) is 81.8 Å². The first-order chi connectivity index (χ1) is 16.8. The molecule has 1 unspecified atom stereocenters. The van der Waals surface area contributed by atoms with E-state index in [9.17, 15) is 18.0 Å². The van der Waals surface area contributed by atoms with E-state index in [0.717, 1.165) is 17.9 Å². The third-order valence-electron chi connectivity index (χ3n) is 5.17. The number of aromatic nitrogens is 3. The van der Waals surface area contributed by atoms with Crippen LogP contribution in [0, 0.1) is 6.92 Å². The van der Waals surface area contributed by atoms with Crippen LogP contribution in [0.3, 0.4) is 0 Å². The van der Waals surface area contributed by atoms with Crippen LogP contribution < -0.4 is 16.1 Å². The fourth-order valence-corrected chi connectivity index (χ4v) is 4.12. The zero-order chi connectivity index (χ0) is 25.0. The highest BCUT2D eigenvalue weighted by Crippen LogP contribution is 2.36. The highest BCUT2D eigenvalue weighted by molar-refractivity contribution is 7.31. The zero-order valence-corrected chi connectivity index (χ0v) is 20.0. The summed E-state index contributed by atoms with van der Waals surface area (Å²) >= 11 is 0. The quantitative estimate of drug-likeness (QED) is 0.195. The number of hydrogen-bond donors (Lipinski definition) is 3. The Morgan fingerprint density at radius 2 is 1.89 bits per heavy atom. The molecule has 0 amide bonds. The smallest absolute Gasteiger partial charge is 0.362 e. The minimum Gasteiger partial charge on any atom is -0.362 e. The maximum absolute atomic E-state index is 13.7. The molecule has 0 saturated carbocycles. The zero-order valence-electron chi connectivity index (χ0n) is 19.0. The second kappa shape index (κ2) is 10.4. The summed E-state index contributed by atoms with van der Waals surface area (Å²) in [6.07, 6.45) is -1.64. The molecule has 0 aliphatic carbocycles. The summed E-state index contributed by atoms with van der Waals surface area (Å²) < 4.78 is 46.5. The SMILES string of the molecule is CCOPCc1ccc(Nc2ncc(C(F)(F)F)c(Nc3cccc4[nH]cc(C)c(=O)c34)n2)cc1. The standard InChI is InChI=1S/C24H23F3N5O2P/c1-3-34-35-13-15-7-9-16(10-8-15)30-23-29-12-17(24(25,26)27)22(32-23)31-19-6-4-5-18-20(19)21(33)14(2)11-28-18/h4-12,35H,3,13H2,1-2H3,(H,28,33)(H2,29,30,31,32). The van der Waals surface area contributed by atoms with Gasteiger partial charge in [-0.25, -0.2) is 4.98 Å². The number of aromatic amines is 1. The number of rotatable bonds is 8. The Morgan fingerprint density at radius 1 is 1.11 bits per heavy atom. The van der Waals surface area contributed by atoms with Gasteiger partial charge in [-0.15, -0.1) is 0 Å². The maximum Gasteiger partial charge on any atom is 0.421 e. The Bertz CT molecular complexity index is 1390. The lowest BCUT2D eigenvalue weighted by molar-refractivity contribution is -0.137. The van der Waals surface area contributed by atoms with Gasteiger partial charge in [0.05, 0.1) is 16.6 Å². The molecule has 0 spiro atoms. The molecule has 2 aromatic heterocycles. The van der Waals surface area contributed by atoms with Gasteiger partial charge in [-0.1, -0.05) is 18.2 Å². The monoisotopic (exact) mass is 501 g/mol. The average Bonchev–Trinajstić information content (AvgIpc) is 2.82. The fraction of sp³-hybridized carbons (Fsp3) is 0.208. The van der Waals surface area contributed by atoms with Gasteiger partial charge in [-0.3, -0.25) is 4.79 Å². The van der Waals surface area contributed by atoms with Crippen molar-refractivity contribution < 1.29 is 17.7 Å². The summed E-state index contributed by atoms with van der Waals surface area (Å²) in [6.45, 7) is 4.23. The lowest BCUT2D eigenvalue weighted by Crippen LogP contribution is -2.14. The first-order valence-electron chi connectivity index (χ1n) is 10.8. The molecule has 0 radical (unpaired) electrons. The summed E-state index contributed by atoms with van der Waals surface area (Å²) in [4.78, 5) is 23.6. The van der Waals surface area contributed by atoms with Gasteiger partial charge in [0.2, 0.25) is 5.95 Å². The molecule has 35 heavy (non-hydrogen) atoms. The lowest BCUT2D eigenvalue weighted by atomic mass is 10.1. The van der Waals surface area contributed by atoms with Crippen molar-refractivity contribution in [3.63, 3.8) is 0 Å². The Kier molecular flexibility index (Phi) is 7.33. The third kappa shape index (κ3) is 5.78. The van der Waals surface area contributed by atoms with Crippen LogP contribution >= 0.6 is 8.81 Å². The fourth-order valence-electron chi connectivity index (χ4n) is 3.41. The van der Waals surface area contributed by atoms with Crippen LogP contribution in [-0.4, -0.2) is 21.6 Å². The largest absolute Gasteiger partial charge is 0.421 e. The minimum atomic E-state index is -4.70. The number of benzene rings is 2. The van der Waals surface area contributed by atoms with E-state index in [-0.39, 0.29) is 22.5 Å². The van der Waals surface area contributed by atoms with Gasteiger partial charge < -0.3 is 20.1 Å². The van der Waals surface area contributed by atoms with Crippen LogP contribution in [0.2, 0.25) is 0 Å². The normalized spacial score (nSPS) is 11.9. The highest BCUT2D eigenvalue weighted by atomic mass is 31.1. The van der Waals surface area contributed by atoms with Crippen molar-refractivity contribution in [2.24, 2.45) is 0 Å². The molecule has 4 aromatic rings. The Morgan fingerprint density at radius 3 is 2.60 bits per heavy atom. The molecule has 7 nitrogen and oxygen atoms in total. The molecule has 1 atom stereocenters. The molecule has 3 N–H and O–H groups in total. The van der Waals surface area contributed by atoms with Crippen molar-refractivity contribution in [2.75, 3.05) is 17.2 Å². The van der Waals surface area contributed by atoms with Crippen molar-refractivity contribution in [1.29, 1.82) is 0 Å². The molecule has 0 fully saturated rings. The predicted molar refractivity (Wildman–Crippen MR) is 133 cm³/mol. The van der Waals surface area contributed by atoms with Crippen molar-refractivity contribution >= 4 is 42.9 Å². The van der Waals surface area contributed by atoms with Gasteiger partial charge in [0, 0.05) is 45.2 Å². The molecule has 182 valence electrons. The van der Waals surface area contributed by atoms with Crippen LogP contribution in [0.5, 0.6) is 0 Å². The molecular formula is C24H23F3N5O2P. The number of halogens is 3. The van der Waals surface area contributed by atoms with Gasteiger partial charge >= 0.3 is 6.18 Å². The number of alkyl halides is 3. The number of nitrogens with one attached hydrogen (secondary N) is 3. The topological polar surface area (TPSA) is 91.9 Å². The molecule has 0 aliphatic heterocycles. The van der Waals surface area contributed by atoms with Crippen LogP contribution in [0.15, 0.2) is 59.7 Å². The Hall–Kier alpha value is -3.49. The second-order valence-corrected chi connectivity index (χ2v) is 8.61. The predicted octanol–water partition coefficient (Wildman–Crippen LogP) is 6.26. The molecule has 0 saturated heterocycles. The molecular weight excluding hydrogens is 478 g/mol. The second-order valence-electron chi connectivity index (χ2n) is 7.68. The van der Waals surface area contributed by atoms with Crippen molar-refractivity contribution in [3.8, 4) is 0 Å². The summed E-state index contributed by atoms with van der Waals surface area (Å²) in [6, 6.07) is 12.3. The van der Waals surface area contributed by atoms with Crippen LogP contribution in [0.4, 0.5) is 36.3 Å². The Labute approximate surface area is 201 Å². The van der Waals surface area contributed by atoms with Gasteiger partial charge in [0.1, 0.15) is 11.4 Å². The van der Waals surface area contributed by atoms with Crippen molar-refractivity contribution in [1.82, 2.24) is 15.0 Å². The lowest BCUT2D eigenvalue weighted by Gasteiger charge is -2.16.